The zero-order valence-corrected chi connectivity index (χ0v) is 53.6. The molecule has 0 heterocycles. The van der Waals surface area contributed by atoms with Crippen LogP contribution < -0.4 is 0 Å². The number of rotatable bonds is 65. The molecule has 0 aromatic carbocycles. The number of carbonyl (C=O) groups is 3. The van der Waals surface area contributed by atoms with Gasteiger partial charge in [-0.2, -0.15) is 0 Å². The monoisotopic (exact) mass is 1120 g/mol. The second-order valence-corrected chi connectivity index (χ2v) is 23.8. The van der Waals surface area contributed by atoms with E-state index in [1.165, 1.54) is 244 Å². The van der Waals surface area contributed by atoms with Gasteiger partial charge in [0.1, 0.15) is 13.2 Å². The number of hydrogen-bond acceptors (Lipinski definition) is 6. The molecule has 0 aromatic heterocycles. The molecule has 6 heteroatoms. The van der Waals surface area contributed by atoms with Crippen molar-refractivity contribution in [1.82, 2.24) is 0 Å². The largest absolute Gasteiger partial charge is 0.462 e. The highest BCUT2D eigenvalue weighted by Crippen LogP contribution is 2.18. The highest BCUT2D eigenvalue weighted by Gasteiger charge is 2.19. The summed E-state index contributed by atoms with van der Waals surface area (Å²) < 4.78 is 17.0. The summed E-state index contributed by atoms with van der Waals surface area (Å²) in [5.41, 5.74) is 0. The van der Waals surface area contributed by atoms with Crippen molar-refractivity contribution in [2.75, 3.05) is 13.2 Å². The van der Waals surface area contributed by atoms with Gasteiger partial charge in [0.05, 0.1) is 0 Å². The van der Waals surface area contributed by atoms with Gasteiger partial charge in [-0.1, -0.05) is 326 Å². The standard InChI is InChI=1S/C74H134O6/c1-4-7-10-13-16-19-22-25-28-31-34-36-37-39-40-43-46-49-52-55-58-61-64-67-73(76)79-70-71(69-78-72(75)66-63-60-57-54-51-48-45-42-33-30-27-24-21-18-15-12-9-6-3)80-74(77)68-65-62-59-56-53-50-47-44-41-38-35-32-29-26-23-20-17-14-11-8-5-2/h21-22,24-25,30-31,33-34,37,39,71H,4-20,23,26-29,32,35-36,38,40-70H2,1-3H3/b24-21-,25-22-,33-30-,34-31-,39-37-. The van der Waals surface area contributed by atoms with Gasteiger partial charge >= 0.3 is 17.9 Å². The number of unbranched alkanes of at least 4 members (excludes halogenated alkanes) is 44. The average molecular weight is 1120 g/mol. The van der Waals surface area contributed by atoms with Gasteiger partial charge in [0.25, 0.3) is 0 Å². The van der Waals surface area contributed by atoms with Gasteiger partial charge in [-0.15, -0.1) is 0 Å². The Labute approximate surface area is 498 Å². The summed E-state index contributed by atoms with van der Waals surface area (Å²) in [5, 5.41) is 0. The fraction of sp³-hybridized carbons (Fsp3) is 0.824. The predicted molar refractivity (Wildman–Crippen MR) is 348 cm³/mol. The van der Waals surface area contributed by atoms with E-state index in [1.54, 1.807) is 0 Å². The lowest BCUT2D eigenvalue weighted by molar-refractivity contribution is -0.167. The molecule has 0 bridgehead atoms. The van der Waals surface area contributed by atoms with Gasteiger partial charge in [-0.25, -0.2) is 0 Å². The molecule has 0 radical (unpaired) electrons. The van der Waals surface area contributed by atoms with Gasteiger partial charge in [-0.05, 0) is 89.9 Å². The first-order valence-electron chi connectivity index (χ1n) is 35.3. The van der Waals surface area contributed by atoms with Gasteiger partial charge < -0.3 is 14.2 Å². The third-order valence-electron chi connectivity index (χ3n) is 15.7. The van der Waals surface area contributed by atoms with Crippen LogP contribution in [0.25, 0.3) is 0 Å². The Kier molecular flexibility index (Phi) is 66.1. The molecule has 1 unspecified atom stereocenters. The smallest absolute Gasteiger partial charge is 0.306 e. The summed E-state index contributed by atoms with van der Waals surface area (Å²) in [5.74, 6) is -0.867. The molecule has 0 saturated carbocycles. The average Bonchev–Trinajstić information content (AvgIpc) is 3.46. The molecule has 0 aliphatic rings. The quantitative estimate of drug-likeness (QED) is 0.0261. The Morgan fingerprint density at radius 2 is 0.450 bits per heavy atom. The van der Waals surface area contributed by atoms with Crippen molar-refractivity contribution in [3.8, 4) is 0 Å². The number of allylic oxidation sites excluding steroid dienone is 10. The highest BCUT2D eigenvalue weighted by atomic mass is 16.6. The number of ether oxygens (including phenoxy) is 3. The number of carbonyl (C=O) groups excluding carboxylic acids is 3. The maximum Gasteiger partial charge on any atom is 0.306 e. The number of esters is 3. The summed E-state index contributed by atoms with van der Waals surface area (Å²) in [7, 11) is 0. The third kappa shape index (κ3) is 65.9. The van der Waals surface area contributed by atoms with E-state index in [0.717, 1.165) is 89.9 Å². The fourth-order valence-electron chi connectivity index (χ4n) is 10.4. The molecule has 0 spiro atoms. The molecule has 466 valence electrons. The molecule has 0 saturated heterocycles. The van der Waals surface area contributed by atoms with E-state index in [0.29, 0.717) is 19.3 Å². The Morgan fingerprint density at radius 3 is 0.713 bits per heavy atom. The minimum absolute atomic E-state index is 0.0773. The van der Waals surface area contributed by atoms with E-state index >= 15 is 0 Å². The molecule has 0 aliphatic heterocycles. The summed E-state index contributed by atoms with van der Waals surface area (Å²) in [6.45, 7) is 6.67. The van der Waals surface area contributed by atoms with Crippen molar-refractivity contribution >= 4 is 17.9 Å². The second kappa shape index (κ2) is 68.6. The van der Waals surface area contributed by atoms with E-state index in [2.05, 4.69) is 81.5 Å². The zero-order valence-electron chi connectivity index (χ0n) is 53.6. The van der Waals surface area contributed by atoms with Crippen LogP contribution in [0.2, 0.25) is 0 Å². The maximum atomic E-state index is 13.0. The molecule has 0 N–H and O–H groups in total. The minimum Gasteiger partial charge on any atom is -0.462 e. The fourth-order valence-corrected chi connectivity index (χ4v) is 10.4. The van der Waals surface area contributed by atoms with Gasteiger partial charge in [0, 0.05) is 19.3 Å². The van der Waals surface area contributed by atoms with E-state index in [4.69, 9.17) is 14.2 Å². The summed E-state index contributed by atoms with van der Waals surface area (Å²) in [6.07, 6.45) is 88.1. The van der Waals surface area contributed by atoms with E-state index in [9.17, 15) is 14.4 Å². The van der Waals surface area contributed by atoms with Crippen LogP contribution >= 0.6 is 0 Å². The van der Waals surface area contributed by atoms with Crippen LogP contribution in [0.5, 0.6) is 0 Å². The first-order chi connectivity index (χ1) is 39.5. The van der Waals surface area contributed by atoms with Crippen LogP contribution in [-0.4, -0.2) is 37.2 Å². The normalized spacial score (nSPS) is 12.4. The summed E-state index contributed by atoms with van der Waals surface area (Å²) in [6, 6.07) is 0. The zero-order chi connectivity index (χ0) is 57.8. The molecule has 80 heavy (non-hydrogen) atoms. The topological polar surface area (TPSA) is 78.9 Å². The highest BCUT2D eigenvalue weighted by molar-refractivity contribution is 5.71. The number of hydrogen-bond donors (Lipinski definition) is 0. The molecule has 0 amide bonds. The Morgan fingerprint density at radius 1 is 0.250 bits per heavy atom. The molecule has 0 fully saturated rings. The van der Waals surface area contributed by atoms with Crippen molar-refractivity contribution < 1.29 is 28.6 Å². The van der Waals surface area contributed by atoms with E-state index in [1.807, 2.05) is 0 Å². The Bertz CT molecular complexity index is 1430. The van der Waals surface area contributed by atoms with Crippen molar-refractivity contribution in [3.05, 3.63) is 60.8 Å². The lowest BCUT2D eigenvalue weighted by Crippen LogP contribution is -2.30. The van der Waals surface area contributed by atoms with Gasteiger partial charge in [0.15, 0.2) is 6.10 Å². The molecule has 6 nitrogen and oxygen atoms in total. The van der Waals surface area contributed by atoms with Gasteiger partial charge in [0.2, 0.25) is 0 Å². The maximum absolute atomic E-state index is 13.0. The molecule has 1 atom stereocenters. The third-order valence-corrected chi connectivity index (χ3v) is 15.7. The Hall–Kier alpha value is -2.89. The Balaban J connectivity index is 4.36. The van der Waals surface area contributed by atoms with Crippen LogP contribution in [0.15, 0.2) is 60.8 Å². The van der Waals surface area contributed by atoms with E-state index < -0.39 is 6.10 Å². The van der Waals surface area contributed by atoms with Gasteiger partial charge in [-0.3, -0.25) is 14.4 Å². The van der Waals surface area contributed by atoms with Crippen LogP contribution in [0.1, 0.15) is 374 Å². The summed E-state index contributed by atoms with van der Waals surface area (Å²) >= 11 is 0. The molecular formula is C74H134O6. The lowest BCUT2D eigenvalue weighted by atomic mass is 10.0. The SMILES string of the molecule is CCCCCC/C=C\C/C=C\CCCCCCCCCC(=O)OCC(COC(=O)CCCCCCCCCC/C=C\C/C=C\C/C=C\CCCCCCC)OC(=O)CCCCCCCCCCCCCCCCCCCCCCC. The molecule has 0 aromatic rings. The van der Waals surface area contributed by atoms with Crippen molar-refractivity contribution in [2.24, 2.45) is 0 Å². The van der Waals surface area contributed by atoms with Crippen molar-refractivity contribution in [1.29, 1.82) is 0 Å². The van der Waals surface area contributed by atoms with E-state index in [-0.39, 0.29) is 31.1 Å². The van der Waals surface area contributed by atoms with Crippen LogP contribution in [0.4, 0.5) is 0 Å². The molecule has 0 rings (SSSR count). The lowest BCUT2D eigenvalue weighted by Gasteiger charge is -2.18. The minimum atomic E-state index is -0.781. The van der Waals surface area contributed by atoms with Crippen LogP contribution in [0, 0.1) is 0 Å². The molecule has 0 aliphatic carbocycles. The van der Waals surface area contributed by atoms with Crippen LogP contribution in [-0.2, 0) is 28.6 Å². The van der Waals surface area contributed by atoms with Crippen molar-refractivity contribution in [3.63, 3.8) is 0 Å². The molecular weight excluding hydrogens is 985 g/mol. The van der Waals surface area contributed by atoms with Crippen molar-refractivity contribution in [2.45, 2.75) is 380 Å². The summed E-state index contributed by atoms with van der Waals surface area (Å²) in [4.78, 5) is 38.5. The second-order valence-electron chi connectivity index (χ2n) is 23.8. The predicted octanol–water partition coefficient (Wildman–Crippen LogP) is 24.3. The first-order valence-corrected chi connectivity index (χ1v) is 35.3. The van der Waals surface area contributed by atoms with Crippen LogP contribution in [0.3, 0.4) is 0 Å². The first kappa shape index (κ1) is 77.1.